The van der Waals surface area contributed by atoms with Gasteiger partial charge in [0, 0.05) is 0 Å². The lowest BCUT2D eigenvalue weighted by Crippen LogP contribution is -2.11. The van der Waals surface area contributed by atoms with Gasteiger partial charge in [0.1, 0.15) is 13.6 Å². The number of aliphatic hydroxyl groups excluding tert-OH is 2. The van der Waals surface area contributed by atoms with Gasteiger partial charge in [0.25, 0.3) is 0 Å². The number of ether oxygens (including phenoxy) is 7. The van der Waals surface area contributed by atoms with Gasteiger partial charge in [-0.25, -0.2) is 0 Å². The van der Waals surface area contributed by atoms with Crippen molar-refractivity contribution in [3.05, 3.63) is 0 Å². The van der Waals surface area contributed by atoms with Crippen LogP contribution >= 0.6 is 0 Å². The van der Waals surface area contributed by atoms with Crippen LogP contribution in [0, 0.1) is 0 Å². The fourth-order valence-corrected chi connectivity index (χ4v) is 0.598. The maximum Gasteiger partial charge on any atom is 0.152 e. The Morgan fingerprint density at radius 2 is 0.647 bits per heavy atom. The first-order valence-corrected chi connectivity index (χ1v) is 4.67. The lowest BCUT2D eigenvalue weighted by molar-refractivity contribution is -0.222. The topological polar surface area (TPSA) is 105 Å². The minimum Gasteiger partial charge on any atom is -0.371 e. The summed E-state index contributed by atoms with van der Waals surface area (Å²) in [6.45, 7) is -0.938. The van der Waals surface area contributed by atoms with Crippen LogP contribution in [0.25, 0.3) is 0 Å². The van der Waals surface area contributed by atoms with E-state index in [1.165, 1.54) is 0 Å². The summed E-state index contributed by atoms with van der Waals surface area (Å²) in [6, 6.07) is 0. The smallest absolute Gasteiger partial charge is 0.152 e. The van der Waals surface area contributed by atoms with E-state index in [9.17, 15) is 0 Å². The van der Waals surface area contributed by atoms with Crippen LogP contribution in [0.15, 0.2) is 0 Å². The van der Waals surface area contributed by atoms with Gasteiger partial charge >= 0.3 is 0 Å². The molecule has 0 aliphatic heterocycles. The number of hydrogen-bond acceptors (Lipinski definition) is 9. The summed E-state index contributed by atoms with van der Waals surface area (Å²) in [5.74, 6) is 0. The van der Waals surface area contributed by atoms with Crippen molar-refractivity contribution in [3.8, 4) is 0 Å². The van der Waals surface area contributed by atoms with E-state index in [1.54, 1.807) is 0 Å². The fraction of sp³-hybridized carbons (Fsp3) is 1.00. The zero-order valence-corrected chi connectivity index (χ0v) is 9.41. The van der Waals surface area contributed by atoms with E-state index >= 15 is 0 Å². The van der Waals surface area contributed by atoms with Crippen LogP contribution in [0.3, 0.4) is 0 Å². The predicted molar refractivity (Wildman–Crippen MR) is 51.0 cm³/mol. The Balaban J connectivity index is 2.85. The molecule has 2 N–H and O–H groups in total. The van der Waals surface area contributed by atoms with E-state index in [0.29, 0.717) is 0 Å². The highest BCUT2D eigenvalue weighted by Crippen LogP contribution is 1.84. The quantitative estimate of drug-likeness (QED) is 0.292. The second-order valence-corrected chi connectivity index (χ2v) is 2.39. The Bertz CT molecular complexity index is 120. The molecule has 0 aromatic rings. The molecule has 0 aromatic carbocycles. The first-order valence-electron chi connectivity index (χ1n) is 4.67. The highest BCUT2D eigenvalue weighted by molar-refractivity contribution is 4.07. The monoisotopic (exact) mass is 258 g/mol. The van der Waals surface area contributed by atoms with Crippen molar-refractivity contribution in [2.24, 2.45) is 0 Å². The molecule has 0 radical (unpaired) electrons. The molecule has 9 nitrogen and oxygen atoms in total. The molecular weight excluding hydrogens is 240 g/mol. The van der Waals surface area contributed by atoms with Gasteiger partial charge < -0.3 is 43.4 Å². The molecule has 0 fully saturated rings. The molecule has 0 aliphatic rings. The molecule has 0 saturated heterocycles. The van der Waals surface area contributed by atoms with Gasteiger partial charge in [-0.05, 0) is 0 Å². The van der Waals surface area contributed by atoms with Gasteiger partial charge in [-0.15, -0.1) is 0 Å². The predicted octanol–water partition coefficient (Wildman–Crippen LogP) is -1.25. The van der Waals surface area contributed by atoms with Gasteiger partial charge in [0.2, 0.25) is 0 Å². The second kappa shape index (κ2) is 15.6. The van der Waals surface area contributed by atoms with E-state index in [4.69, 9.17) is 33.9 Å². The van der Waals surface area contributed by atoms with Gasteiger partial charge in [0.05, 0.1) is 0 Å². The lowest BCUT2D eigenvalue weighted by Gasteiger charge is -2.07. The minimum absolute atomic E-state index is 0.00767. The van der Waals surface area contributed by atoms with Crippen LogP contribution < -0.4 is 0 Å². The molecule has 0 aromatic heterocycles. The third kappa shape index (κ3) is 15.6. The van der Waals surface area contributed by atoms with E-state index < -0.39 is 13.6 Å². The van der Waals surface area contributed by atoms with Crippen LogP contribution in [0.5, 0.6) is 0 Å². The van der Waals surface area contributed by atoms with Gasteiger partial charge in [-0.3, -0.25) is 0 Å². The summed E-state index contributed by atoms with van der Waals surface area (Å²) in [5, 5.41) is 16.4. The summed E-state index contributed by atoms with van der Waals surface area (Å²) in [5.41, 5.74) is 0. The normalized spacial score (nSPS) is 10.9. The van der Waals surface area contributed by atoms with Gasteiger partial charge in [-0.1, -0.05) is 0 Å². The van der Waals surface area contributed by atoms with Gasteiger partial charge in [-0.2, -0.15) is 0 Å². The molecule has 0 bridgehead atoms. The average Bonchev–Trinajstić information content (AvgIpc) is 2.35. The number of rotatable bonds is 14. The molecule has 0 saturated carbocycles. The van der Waals surface area contributed by atoms with Crippen molar-refractivity contribution in [1.82, 2.24) is 0 Å². The zero-order chi connectivity index (χ0) is 12.6. The summed E-state index contributed by atoms with van der Waals surface area (Å²) < 4.78 is 33.0. The molecule has 0 rings (SSSR count). The minimum atomic E-state index is -0.398. The Kier molecular flexibility index (Phi) is 15.3. The van der Waals surface area contributed by atoms with Crippen LogP contribution in [0.2, 0.25) is 0 Å². The molecule has 0 atom stereocenters. The highest BCUT2D eigenvalue weighted by atomic mass is 16.8. The fourth-order valence-electron chi connectivity index (χ4n) is 0.598. The zero-order valence-electron chi connectivity index (χ0n) is 9.41. The van der Waals surface area contributed by atoms with E-state index in [2.05, 4.69) is 9.47 Å². The molecule has 0 aliphatic carbocycles. The van der Waals surface area contributed by atoms with Crippen LogP contribution in [-0.4, -0.2) is 64.6 Å². The summed E-state index contributed by atoms with van der Waals surface area (Å²) in [6.07, 6.45) is 0. The molecule has 0 spiro atoms. The van der Waals surface area contributed by atoms with Crippen molar-refractivity contribution in [1.29, 1.82) is 0 Å². The van der Waals surface area contributed by atoms with Crippen LogP contribution in [-0.2, 0) is 33.2 Å². The van der Waals surface area contributed by atoms with Gasteiger partial charge in [0.15, 0.2) is 40.8 Å². The molecule has 9 heteroatoms. The van der Waals surface area contributed by atoms with Crippen molar-refractivity contribution in [2.45, 2.75) is 0 Å². The number of hydrogen-bond donors (Lipinski definition) is 2. The SMILES string of the molecule is OCOCOCOCOCOCOCOCO. The second-order valence-electron chi connectivity index (χ2n) is 2.39. The van der Waals surface area contributed by atoms with Crippen molar-refractivity contribution in [2.75, 3.05) is 54.3 Å². The first-order chi connectivity index (χ1) is 8.41. The van der Waals surface area contributed by atoms with Crippen molar-refractivity contribution in [3.63, 3.8) is 0 Å². The Morgan fingerprint density at radius 1 is 0.412 bits per heavy atom. The number of aliphatic hydroxyl groups is 2. The standard InChI is InChI=1S/C8H18O9/c9-1-11-3-13-5-15-7-17-8-16-6-14-4-12-2-10/h9-10H,1-8H2. The van der Waals surface area contributed by atoms with E-state index in [1.807, 2.05) is 0 Å². The third-order valence-electron chi connectivity index (χ3n) is 1.18. The molecule has 17 heavy (non-hydrogen) atoms. The average molecular weight is 258 g/mol. The first kappa shape index (κ1) is 16.6. The Morgan fingerprint density at radius 3 is 0.882 bits per heavy atom. The van der Waals surface area contributed by atoms with E-state index in [0.717, 1.165) is 0 Å². The molecular formula is C8H18O9. The maximum absolute atomic E-state index is 8.22. The molecule has 104 valence electrons. The Labute approximate surface area is 98.7 Å². The molecule has 0 amide bonds. The molecule has 0 unspecified atom stereocenters. The largest absolute Gasteiger partial charge is 0.371 e. The van der Waals surface area contributed by atoms with E-state index in [-0.39, 0.29) is 40.8 Å². The van der Waals surface area contributed by atoms with Crippen molar-refractivity contribution < 1.29 is 43.4 Å². The highest BCUT2D eigenvalue weighted by Gasteiger charge is 1.91. The Hall–Kier alpha value is -0.360. The van der Waals surface area contributed by atoms with Crippen LogP contribution in [0.1, 0.15) is 0 Å². The summed E-state index contributed by atoms with van der Waals surface area (Å²) in [4.78, 5) is 0. The van der Waals surface area contributed by atoms with Crippen LogP contribution in [0.4, 0.5) is 0 Å². The summed E-state index contributed by atoms with van der Waals surface area (Å²) >= 11 is 0. The van der Waals surface area contributed by atoms with Crippen molar-refractivity contribution >= 4 is 0 Å². The molecule has 0 heterocycles. The maximum atomic E-state index is 8.22. The summed E-state index contributed by atoms with van der Waals surface area (Å²) in [7, 11) is 0. The lowest BCUT2D eigenvalue weighted by atomic mass is 11.2. The third-order valence-corrected chi connectivity index (χ3v) is 1.18.